The molecule has 0 unspecified atom stereocenters. The number of rotatable bonds is 4. The first kappa shape index (κ1) is 17.7. The van der Waals surface area contributed by atoms with E-state index < -0.39 is 6.09 Å². The second-order valence-corrected chi connectivity index (χ2v) is 5.96. The summed E-state index contributed by atoms with van der Waals surface area (Å²) in [5, 5.41) is 2.62. The molecule has 1 saturated heterocycles. The standard InChI is InChI=1S/C19H22N4O3/c1-2-26-19(25)21-16-5-3-15(4-6-16)18(24)23-13-11-22(12-14-23)17-7-9-20-10-8-17/h3-10H,2,11-14H2,1H3,(H,21,25)/p+1. The van der Waals surface area contributed by atoms with Crippen LogP contribution in [0.5, 0.6) is 0 Å². The quantitative estimate of drug-likeness (QED) is 0.910. The number of anilines is 2. The van der Waals surface area contributed by atoms with Crippen LogP contribution in [0.25, 0.3) is 0 Å². The summed E-state index contributed by atoms with van der Waals surface area (Å²) in [6.07, 6.45) is 3.30. The molecule has 0 bridgehead atoms. The van der Waals surface area contributed by atoms with Crippen LogP contribution in [0, 0.1) is 0 Å². The van der Waals surface area contributed by atoms with Crippen molar-refractivity contribution in [3.05, 3.63) is 54.4 Å². The fourth-order valence-electron chi connectivity index (χ4n) is 2.92. The minimum absolute atomic E-state index is 0.00808. The minimum Gasteiger partial charge on any atom is -0.450 e. The Morgan fingerprint density at radius 1 is 1.04 bits per heavy atom. The van der Waals surface area contributed by atoms with Crippen LogP contribution in [0.1, 0.15) is 17.3 Å². The number of carbonyl (C=O) groups is 2. The van der Waals surface area contributed by atoms with Crippen LogP contribution in [0.15, 0.2) is 48.8 Å². The number of aromatic nitrogens is 1. The highest BCUT2D eigenvalue weighted by Crippen LogP contribution is 2.17. The number of ether oxygens (including phenoxy) is 1. The molecule has 7 heteroatoms. The van der Waals surface area contributed by atoms with Crippen LogP contribution in [0.3, 0.4) is 0 Å². The van der Waals surface area contributed by atoms with Crippen LogP contribution in [0.2, 0.25) is 0 Å². The topological polar surface area (TPSA) is 76.0 Å². The smallest absolute Gasteiger partial charge is 0.411 e. The molecular weight excluding hydrogens is 332 g/mol. The Morgan fingerprint density at radius 2 is 1.69 bits per heavy atom. The molecule has 7 nitrogen and oxygen atoms in total. The Balaban J connectivity index is 1.56. The van der Waals surface area contributed by atoms with Gasteiger partial charge >= 0.3 is 6.09 Å². The summed E-state index contributed by atoms with van der Waals surface area (Å²) in [5.74, 6) is 0.00808. The van der Waals surface area contributed by atoms with E-state index in [-0.39, 0.29) is 5.91 Å². The van der Waals surface area contributed by atoms with Gasteiger partial charge in [0.1, 0.15) is 0 Å². The Hall–Kier alpha value is -3.09. The van der Waals surface area contributed by atoms with Crippen molar-refractivity contribution in [2.24, 2.45) is 0 Å². The number of amides is 2. The van der Waals surface area contributed by atoms with E-state index in [1.165, 1.54) is 0 Å². The first-order valence-electron chi connectivity index (χ1n) is 8.71. The van der Waals surface area contributed by atoms with Gasteiger partial charge in [0.25, 0.3) is 5.91 Å². The lowest BCUT2D eigenvalue weighted by Crippen LogP contribution is -2.48. The lowest BCUT2D eigenvalue weighted by Gasteiger charge is -2.35. The molecule has 0 radical (unpaired) electrons. The zero-order chi connectivity index (χ0) is 18.4. The molecule has 2 heterocycles. The van der Waals surface area contributed by atoms with E-state index >= 15 is 0 Å². The Bertz CT molecular complexity index is 741. The van der Waals surface area contributed by atoms with E-state index in [1.54, 1.807) is 31.2 Å². The van der Waals surface area contributed by atoms with Crippen molar-refractivity contribution >= 4 is 23.4 Å². The Kier molecular flexibility index (Phi) is 5.68. The Labute approximate surface area is 152 Å². The molecule has 0 aliphatic carbocycles. The van der Waals surface area contributed by atoms with Crippen molar-refractivity contribution in [3.63, 3.8) is 0 Å². The number of hydrogen-bond donors (Lipinski definition) is 1. The third-order valence-corrected chi connectivity index (χ3v) is 4.29. The summed E-state index contributed by atoms with van der Waals surface area (Å²) >= 11 is 0. The van der Waals surface area contributed by atoms with Gasteiger partial charge in [-0.25, -0.2) is 9.78 Å². The average Bonchev–Trinajstić information content (AvgIpc) is 2.69. The maximum Gasteiger partial charge on any atom is 0.411 e. The summed E-state index contributed by atoms with van der Waals surface area (Å²) in [4.78, 5) is 31.2. The van der Waals surface area contributed by atoms with Gasteiger partial charge in [0.2, 0.25) is 0 Å². The number of H-pyrrole nitrogens is 1. The van der Waals surface area contributed by atoms with Crippen LogP contribution >= 0.6 is 0 Å². The van der Waals surface area contributed by atoms with Crippen molar-refractivity contribution in [1.29, 1.82) is 0 Å². The molecule has 0 spiro atoms. The van der Waals surface area contributed by atoms with Crippen LogP contribution in [0.4, 0.5) is 16.2 Å². The maximum absolute atomic E-state index is 12.7. The highest BCUT2D eigenvalue weighted by atomic mass is 16.5. The molecule has 26 heavy (non-hydrogen) atoms. The fraction of sp³-hybridized carbons (Fsp3) is 0.316. The van der Waals surface area contributed by atoms with Crippen molar-refractivity contribution < 1.29 is 19.3 Å². The van der Waals surface area contributed by atoms with Gasteiger partial charge in [0.15, 0.2) is 12.4 Å². The molecule has 1 aromatic heterocycles. The lowest BCUT2D eigenvalue weighted by molar-refractivity contribution is -0.377. The predicted octanol–water partition coefficient (Wildman–Crippen LogP) is 2.03. The molecule has 1 aliphatic rings. The zero-order valence-corrected chi connectivity index (χ0v) is 14.8. The molecule has 2 N–H and O–H groups in total. The number of carbonyl (C=O) groups excluding carboxylic acids is 2. The minimum atomic E-state index is -0.499. The van der Waals surface area contributed by atoms with Gasteiger partial charge in [-0.3, -0.25) is 10.1 Å². The summed E-state index contributed by atoms with van der Waals surface area (Å²) in [5.41, 5.74) is 2.37. The summed E-state index contributed by atoms with van der Waals surface area (Å²) in [7, 11) is 0. The van der Waals surface area contributed by atoms with Gasteiger partial charge in [0.05, 0.1) is 6.61 Å². The van der Waals surface area contributed by atoms with Gasteiger partial charge in [-0.05, 0) is 31.2 Å². The van der Waals surface area contributed by atoms with Gasteiger partial charge in [-0.15, -0.1) is 0 Å². The van der Waals surface area contributed by atoms with E-state index in [9.17, 15) is 9.59 Å². The van der Waals surface area contributed by atoms with Gasteiger partial charge in [0, 0.05) is 55.2 Å². The second kappa shape index (κ2) is 8.33. The predicted molar refractivity (Wildman–Crippen MR) is 98.2 cm³/mol. The molecule has 0 saturated carbocycles. The zero-order valence-electron chi connectivity index (χ0n) is 14.8. The van der Waals surface area contributed by atoms with Crippen LogP contribution in [-0.4, -0.2) is 49.7 Å². The molecule has 3 rings (SSSR count). The van der Waals surface area contributed by atoms with E-state index in [4.69, 9.17) is 4.74 Å². The van der Waals surface area contributed by atoms with E-state index in [0.29, 0.717) is 30.9 Å². The first-order chi connectivity index (χ1) is 12.7. The number of nitrogens with one attached hydrogen (secondary N) is 2. The van der Waals surface area contributed by atoms with Crippen molar-refractivity contribution in [3.8, 4) is 0 Å². The third-order valence-electron chi connectivity index (χ3n) is 4.29. The largest absolute Gasteiger partial charge is 0.450 e. The monoisotopic (exact) mass is 355 g/mol. The van der Waals surface area contributed by atoms with Gasteiger partial charge < -0.3 is 14.5 Å². The Morgan fingerprint density at radius 3 is 2.31 bits per heavy atom. The number of piperazine rings is 1. The average molecular weight is 355 g/mol. The molecule has 1 fully saturated rings. The van der Waals surface area contributed by atoms with Crippen molar-refractivity contribution in [2.45, 2.75) is 6.92 Å². The number of aromatic amines is 1. The number of benzene rings is 1. The number of hydrogen-bond acceptors (Lipinski definition) is 4. The normalized spacial score (nSPS) is 14.0. The molecule has 0 atom stereocenters. The number of nitrogens with zero attached hydrogens (tertiary/aromatic N) is 2. The lowest BCUT2D eigenvalue weighted by atomic mass is 10.1. The van der Waals surface area contributed by atoms with Crippen LogP contribution in [-0.2, 0) is 4.74 Å². The SMILES string of the molecule is CCOC(=O)Nc1ccc(C(=O)N2CCN(c3cc[nH+]cc3)CC2)cc1. The molecule has 1 aromatic carbocycles. The third kappa shape index (κ3) is 4.30. The molecule has 2 aromatic rings. The first-order valence-corrected chi connectivity index (χ1v) is 8.71. The van der Waals surface area contributed by atoms with Gasteiger partial charge in [-0.1, -0.05) is 0 Å². The molecule has 136 valence electrons. The summed E-state index contributed by atoms with van der Waals surface area (Å²) in [6, 6.07) is 10.9. The summed E-state index contributed by atoms with van der Waals surface area (Å²) < 4.78 is 4.83. The maximum atomic E-state index is 12.7. The molecule has 2 amide bonds. The highest BCUT2D eigenvalue weighted by molar-refractivity contribution is 5.95. The van der Waals surface area contributed by atoms with Crippen molar-refractivity contribution in [1.82, 2.24) is 4.90 Å². The van der Waals surface area contributed by atoms with Crippen molar-refractivity contribution in [2.75, 3.05) is 43.0 Å². The highest BCUT2D eigenvalue weighted by Gasteiger charge is 2.22. The fourth-order valence-corrected chi connectivity index (χ4v) is 2.92. The van der Waals surface area contributed by atoms with Crippen LogP contribution < -0.4 is 15.2 Å². The molecular formula is C19H23N4O3+. The van der Waals surface area contributed by atoms with E-state index in [1.807, 2.05) is 29.4 Å². The second-order valence-electron chi connectivity index (χ2n) is 5.96. The molecule has 1 aliphatic heterocycles. The van der Waals surface area contributed by atoms with E-state index in [0.717, 1.165) is 18.8 Å². The summed E-state index contributed by atoms with van der Waals surface area (Å²) in [6.45, 7) is 5.03. The number of pyridine rings is 1. The van der Waals surface area contributed by atoms with Gasteiger partial charge in [-0.2, -0.15) is 0 Å². The van der Waals surface area contributed by atoms with E-state index in [2.05, 4.69) is 15.2 Å².